The molecule has 4 nitrogen and oxygen atoms in total. The summed E-state index contributed by atoms with van der Waals surface area (Å²) >= 11 is 0. The van der Waals surface area contributed by atoms with E-state index in [9.17, 15) is 14.3 Å². The van der Waals surface area contributed by atoms with E-state index in [0.29, 0.717) is 12.1 Å². The van der Waals surface area contributed by atoms with Gasteiger partial charge in [0.25, 0.3) is 0 Å². The maximum absolute atomic E-state index is 13.1. The minimum Gasteiger partial charge on any atom is -0.508 e. The summed E-state index contributed by atoms with van der Waals surface area (Å²) in [5, 5.41) is 18.4. The Morgan fingerprint density at radius 1 is 1.37 bits per heavy atom. The molecule has 0 unspecified atom stereocenters. The molecule has 2 rings (SSSR count). The fraction of sp³-hybridized carbons (Fsp3) is 0.500. The van der Waals surface area contributed by atoms with Gasteiger partial charge in [-0.25, -0.2) is 4.39 Å². The van der Waals surface area contributed by atoms with Gasteiger partial charge in [0.15, 0.2) is 0 Å². The molecule has 104 valence electrons. The van der Waals surface area contributed by atoms with E-state index in [4.69, 9.17) is 5.11 Å². The quantitative estimate of drug-likeness (QED) is 0.878. The van der Waals surface area contributed by atoms with Gasteiger partial charge in [-0.1, -0.05) is 0 Å². The predicted molar refractivity (Wildman–Crippen MR) is 68.3 cm³/mol. The van der Waals surface area contributed by atoms with Gasteiger partial charge in [-0.15, -0.1) is 0 Å². The highest BCUT2D eigenvalue weighted by Crippen LogP contribution is 2.24. The number of carbonyl (C=O) groups is 1. The third-order valence-electron chi connectivity index (χ3n) is 3.61. The lowest BCUT2D eigenvalue weighted by Crippen LogP contribution is -2.33. The van der Waals surface area contributed by atoms with E-state index in [2.05, 4.69) is 4.90 Å². The van der Waals surface area contributed by atoms with Crippen LogP contribution in [0, 0.1) is 11.7 Å². The van der Waals surface area contributed by atoms with E-state index in [1.165, 1.54) is 18.2 Å². The number of rotatable bonds is 4. The summed E-state index contributed by atoms with van der Waals surface area (Å²) in [5.74, 6) is -0.765. The third-order valence-corrected chi connectivity index (χ3v) is 3.61. The Hall–Kier alpha value is -1.62. The highest BCUT2D eigenvalue weighted by molar-refractivity contribution is 5.67. The Kier molecular flexibility index (Phi) is 4.37. The van der Waals surface area contributed by atoms with Crippen molar-refractivity contribution in [3.63, 3.8) is 0 Å². The first kappa shape index (κ1) is 13.8. The number of carboxylic acid groups (broad SMARTS) is 1. The zero-order valence-electron chi connectivity index (χ0n) is 10.7. The first-order valence-corrected chi connectivity index (χ1v) is 6.46. The van der Waals surface area contributed by atoms with E-state index in [1.807, 2.05) is 0 Å². The Morgan fingerprint density at radius 3 is 2.68 bits per heavy atom. The number of likely N-dealkylation sites (tertiary alicyclic amines) is 1. The molecular formula is C14H18FNO3. The van der Waals surface area contributed by atoms with Gasteiger partial charge < -0.3 is 10.2 Å². The van der Waals surface area contributed by atoms with E-state index >= 15 is 0 Å². The SMILES string of the molecule is O=C(O)CC1CCN(Cc2cc(F)ccc2O)CC1. The topological polar surface area (TPSA) is 60.8 Å². The van der Waals surface area contributed by atoms with Crippen LogP contribution in [0.5, 0.6) is 5.75 Å². The monoisotopic (exact) mass is 267 g/mol. The second-order valence-corrected chi connectivity index (χ2v) is 5.09. The maximum atomic E-state index is 13.1. The standard InChI is InChI=1S/C14H18FNO3/c15-12-1-2-13(17)11(8-12)9-16-5-3-10(4-6-16)7-14(18)19/h1-2,8,10,17H,3-7,9H2,(H,18,19). The summed E-state index contributed by atoms with van der Waals surface area (Å²) in [6, 6.07) is 3.94. The minimum atomic E-state index is -0.749. The van der Waals surface area contributed by atoms with Crippen LogP contribution in [-0.4, -0.2) is 34.2 Å². The van der Waals surface area contributed by atoms with Crippen molar-refractivity contribution in [3.8, 4) is 5.75 Å². The average molecular weight is 267 g/mol. The van der Waals surface area contributed by atoms with Crippen molar-refractivity contribution in [1.29, 1.82) is 0 Å². The van der Waals surface area contributed by atoms with Crippen LogP contribution in [0.2, 0.25) is 0 Å². The number of carboxylic acids is 1. The van der Waals surface area contributed by atoms with Crippen LogP contribution in [-0.2, 0) is 11.3 Å². The molecule has 1 aliphatic heterocycles. The summed E-state index contributed by atoms with van der Waals surface area (Å²) < 4.78 is 13.1. The molecule has 0 atom stereocenters. The molecule has 0 bridgehead atoms. The smallest absolute Gasteiger partial charge is 0.303 e. The van der Waals surface area contributed by atoms with E-state index < -0.39 is 5.97 Å². The van der Waals surface area contributed by atoms with Crippen molar-refractivity contribution in [1.82, 2.24) is 4.90 Å². The fourth-order valence-electron chi connectivity index (χ4n) is 2.52. The molecule has 1 aliphatic rings. The molecule has 0 aromatic heterocycles. The fourth-order valence-corrected chi connectivity index (χ4v) is 2.52. The van der Waals surface area contributed by atoms with Crippen LogP contribution >= 0.6 is 0 Å². The van der Waals surface area contributed by atoms with Crippen LogP contribution in [0.25, 0.3) is 0 Å². The summed E-state index contributed by atoms with van der Waals surface area (Å²) in [7, 11) is 0. The second kappa shape index (κ2) is 6.02. The number of aromatic hydroxyl groups is 1. The Morgan fingerprint density at radius 2 is 2.05 bits per heavy atom. The van der Waals surface area contributed by atoms with Crippen molar-refractivity contribution >= 4 is 5.97 Å². The molecule has 5 heteroatoms. The number of phenolic OH excluding ortho intramolecular Hbond substituents is 1. The van der Waals surface area contributed by atoms with E-state index in [-0.39, 0.29) is 23.9 Å². The summed E-state index contributed by atoms with van der Waals surface area (Å²) in [6.07, 6.45) is 1.89. The zero-order valence-corrected chi connectivity index (χ0v) is 10.7. The van der Waals surface area contributed by atoms with Gasteiger partial charge in [0.1, 0.15) is 11.6 Å². The van der Waals surface area contributed by atoms with Gasteiger partial charge in [-0.2, -0.15) is 0 Å². The molecule has 1 fully saturated rings. The van der Waals surface area contributed by atoms with Crippen LogP contribution in [0.1, 0.15) is 24.8 Å². The number of hydrogen-bond donors (Lipinski definition) is 2. The molecule has 0 aliphatic carbocycles. The summed E-state index contributed by atoms with van der Waals surface area (Å²) in [5.41, 5.74) is 0.580. The van der Waals surface area contributed by atoms with E-state index in [0.717, 1.165) is 25.9 Å². The lowest BCUT2D eigenvalue weighted by atomic mass is 9.93. The molecule has 0 amide bonds. The van der Waals surface area contributed by atoms with Gasteiger partial charge in [-0.3, -0.25) is 9.69 Å². The second-order valence-electron chi connectivity index (χ2n) is 5.09. The summed E-state index contributed by atoms with van der Waals surface area (Å²) in [6.45, 7) is 2.07. The summed E-state index contributed by atoms with van der Waals surface area (Å²) in [4.78, 5) is 12.8. The van der Waals surface area contributed by atoms with Gasteiger partial charge in [-0.05, 0) is 50.0 Å². The van der Waals surface area contributed by atoms with Gasteiger partial charge in [0.2, 0.25) is 0 Å². The van der Waals surface area contributed by atoms with E-state index in [1.54, 1.807) is 0 Å². The lowest BCUT2D eigenvalue weighted by molar-refractivity contribution is -0.138. The number of phenols is 1. The minimum absolute atomic E-state index is 0.106. The van der Waals surface area contributed by atoms with Crippen molar-refractivity contribution in [2.75, 3.05) is 13.1 Å². The van der Waals surface area contributed by atoms with Crippen molar-refractivity contribution in [3.05, 3.63) is 29.6 Å². The molecule has 2 N–H and O–H groups in total. The molecule has 1 aromatic rings. The average Bonchev–Trinajstić information content (AvgIpc) is 2.35. The third kappa shape index (κ3) is 3.92. The molecule has 19 heavy (non-hydrogen) atoms. The molecular weight excluding hydrogens is 249 g/mol. The molecule has 1 saturated heterocycles. The zero-order chi connectivity index (χ0) is 13.8. The lowest BCUT2D eigenvalue weighted by Gasteiger charge is -2.31. The highest BCUT2D eigenvalue weighted by Gasteiger charge is 2.21. The van der Waals surface area contributed by atoms with Crippen molar-refractivity contribution < 1.29 is 19.4 Å². The molecule has 0 radical (unpaired) electrons. The van der Waals surface area contributed by atoms with Crippen LogP contribution in [0.4, 0.5) is 4.39 Å². The number of nitrogens with zero attached hydrogens (tertiary/aromatic N) is 1. The first-order chi connectivity index (χ1) is 9.04. The number of halogens is 1. The molecule has 0 saturated carbocycles. The Balaban J connectivity index is 1.88. The number of hydrogen-bond acceptors (Lipinski definition) is 3. The highest BCUT2D eigenvalue weighted by atomic mass is 19.1. The Labute approximate surface area is 111 Å². The van der Waals surface area contributed by atoms with Gasteiger partial charge >= 0.3 is 5.97 Å². The van der Waals surface area contributed by atoms with Crippen molar-refractivity contribution in [2.45, 2.75) is 25.8 Å². The van der Waals surface area contributed by atoms with Crippen LogP contribution in [0.15, 0.2) is 18.2 Å². The van der Waals surface area contributed by atoms with Crippen molar-refractivity contribution in [2.24, 2.45) is 5.92 Å². The normalized spacial score (nSPS) is 17.5. The van der Waals surface area contributed by atoms with Crippen LogP contribution < -0.4 is 0 Å². The van der Waals surface area contributed by atoms with Crippen LogP contribution in [0.3, 0.4) is 0 Å². The number of aliphatic carboxylic acids is 1. The first-order valence-electron chi connectivity index (χ1n) is 6.46. The number of piperidine rings is 1. The maximum Gasteiger partial charge on any atom is 0.303 e. The largest absolute Gasteiger partial charge is 0.508 e. The predicted octanol–water partition coefficient (Wildman–Crippen LogP) is 2.22. The Bertz CT molecular complexity index is 456. The van der Waals surface area contributed by atoms with Gasteiger partial charge in [0.05, 0.1) is 0 Å². The molecule has 1 aromatic carbocycles. The molecule has 0 spiro atoms. The van der Waals surface area contributed by atoms with Gasteiger partial charge in [0, 0.05) is 18.5 Å². The molecule has 1 heterocycles. The number of benzene rings is 1.